The minimum atomic E-state index is -0.438. The number of nitrogens with zero attached hydrogens (tertiary/aromatic N) is 1. The van der Waals surface area contributed by atoms with Crippen LogP contribution in [0.5, 0.6) is 5.75 Å². The van der Waals surface area contributed by atoms with E-state index in [4.69, 9.17) is 16.3 Å². The number of amides is 1. The number of hydrogen-bond acceptors (Lipinski definition) is 4. The average molecular weight is 338 g/mol. The highest BCUT2D eigenvalue weighted by molar-refractivity contribution is 7.21. The molecule has 0 spiro atoms. The molecule has 0 saturated carbocycles. The summed E-state index contributed by atoms with van der Waals surface area (Å²) < 4.78 is 6.22. The number of thiophene rings is 1. The summed E-state index contributed by atoms with van der Waals surface area (Å²) in [4.78, 5) is 26.5. The largest absolute Gasteiger partial charge is 0.424 e. The van der Waals surface area contributed by atoms with Gasteiger partial charge in [0.2, 0.25) is 0 Å². The van der Waals surface area contributed by atoms with Crippen LogP contribution in [0.25, 0.3) is 10.1 Å². The van der Waals surface area contributed by atoms with Gasteiger partial charge < -0.3 is 9.64 Å². The molecule has 0 aliphatic carbocycles. The van der Waals surface area contributed by atoms with Crippen LogP contribution >= 0.6 is 22.9 Å². The number of rotatable bonds is 2. The van der Waals surface area contributed by atoms with Crippen molar-refractivity contribution >= 4 is 44.9 Å². The molecular weight excluding hydrogens is 322 g/mol. The Morgan fingerprint density at radius 3 is 2.64 bits per heavy atom. The van der Waals surface area contributed by atoms with E-state index in [0.717, 1.165) is 37.1 Å². The third-order valence-corrected chi connectivity index (χ3v) is 5.06. The van der Waals surface area contributed by atoms with E-state index >= 15 is 0 Å². The Bertz CT molecular complexity index is 734. The normalized spacial score (nSPS) is 15.1. The first kappa shape index (κ1) is 15.3. The molecule has 1 aliphatic heterocycles. The summed E-state index contributed by atoms with van der Waals surface area (Å²) in [5.41, 5.74) is 0. The van der Waals surface area contributed by atoms with Crippen LogP contribution in [-0.4, -0.2) is 29.9 Å². The van der Waals surface area contributed by atoms with Gasteiger partial charge in [0, 0.05) is 35.1 Å². The molecule has 2 aromatic rings. The van der Waals surface area contributed by atoms with E-state index in [0.29, 0.717) is 21.0 Å². The minimum Gasteiger partial charge on any atom is -0.424 e. The Morgan fingerprint density at radius 2 is 1.95 bits per heavy atom. The minimum absolute atomic E-state index is 0.0618. The zero-order valence-corrected chi connectivity index (χ0v) is 13.8. The Labute approximate surface area is 137 Å². The summed E-state index contributed by atoms with van der Waals surface area (Å²) in [7, 11) is 0. The number of fused-ring (bicyclic) bond motifs is 1. The molecule has 0 N–H and O–H groups in total. The SMILES string of the molecule is CC(=O)Oc1c(C(=O)N2CCCCC2)sc2ccc(Cl)cc12. The van der Waals surface area contributed by atoms with Crippen LogP contribution in [0.1, 0.15) is 35.9 Å². The molecule has 1 aromatic carbocycles. The zero-order chi connectivity index (χ0) is 15.7. The van der Waals surface area contributed by atoms with Crippen molar-refractivity contribution in [1.82, 2.24) is 4.90 Å². The van der Waals surface area contributed by atoms with Crippen LogP contribution in [0, 0.1) is 0 Å². The number of carbonyl (C=O) groups is 2. The Morgan fingerprint density at radius 1 is 1.23 bits per heavy atom. The lowest BCUT2D eigenvalue weighted by Crippen LogP contribution is -2.35. The van der Waals surface area contributed by atoms with Gasteiger partial charge in [0.25, 0.3) is 5.91 Å². The Kier molecular flexibility index (Phi) is 4.36. The number of ether oxygens (including phenoxy) is 1. The van der Waals surface area contributed by atoms with Crippen molar-refractivity contribution in [2.45, 2.75) is 26.2 Å². The number of carbonyl (C=O) groups excluding carboxylic acids is 2. The maximum Gasteiger partial charge on any atom is 0.308 e. The van der Waals surface area contributed by atoms with Gasteiger partial charge in [-0.05, 0) is 37.5 Å². The number of hydrogen-bond donors (Lipinski definition) is 0. The summed E-state index contributed by atoms with van der Waals surface area (Å²) in [5, 5.41) is 1.27. The van der Waals surface area contributed by atoms with Gasteiger partial charge in [-0.15, -0.1) is 11.3 Å². The first-order valence-corrected chi connectivity index (χ1v) is 8.45. The molecule has 1 saturated heterocycles. The van der Waals surface area contributed by atoms with Crippen LogP contribution in [0.15, 0.2) is 18.2 Å². The third kappa shape index (κ3) is 2.96. The smallest absolute Gasteiger partial charge is 0.308 e. The van der Waals surface area contributed by atoms with E-state index in [1.807, 2.05) is 11.0 Å². The van der Waals surface area contributed by atoms with E-state index < -0.39 is 5.97 Å². The second kappa shape index (κ2) is 6.26. The maximum atomic E-state index is 12.8. The number of esters is 1. The molecule has 3 rings (SSSR count). The van der Waals surface area contributed by atoms with Gasteiger partial charge in [0.05, 0.1) is 0 Å². The molecule has 2 heterocycles. The van der Waals surface area contributed by atoms with Gasteiger partial charge in [-0.2, -0.15) is 0 Å². The number of benzene rings is 1. The monoisotopic (exact) mass is 337 g/mol. The highest BCUT2D eigenvalue weighted by atomic mass is 35.5. The molecule has 1 aromatic heterocycles. The van der Waals surface area contributed by atoms with Crippen LogP contribution in [0.2, 0.25) is 5.02 Å². The fourth-order valence-corrected chi connectivity index (χ4v) is 3.92. The number of piperidine rings is 1. The van der Waals surface area contributed by atoms with Gasteiger partial charge in [0.1, 0.15) is 4.88 Å². The fourth-order valence-electron chi connectivity index (χ4n) is 2.67. The molecule has 1 fully saturated rings. The topological polar surface area (TPSA) is 46.6 Å². The zero-order valence-electron chi connectivity index (χ0n) is 12.2. The lowest BCUT2D eigenvalue weighted by Gasteiger charge is -2.26. The Balaban J connectivity index is 2.06. The van der Waals surface area contributed by atoms with Crippen LogP contribution < -0.4 is 4.74 Å². The van der Waals surface area contributed by atoms with Gasteiger partial charge in [-0.25, -0.2) is 0 Å². The van der Waals surface area contributed by atoms with Crippen molar-refractivity contribution in [3.8, 4) is 5.75 Å². The molecule has 1 amide bonds. The molecule has 4 nitrogen and oxygen atoms in total. The van der Waals surface area contributed by atoms with Gasteiger partial charge in [-0.1, -0.05) is 11.6 Å². The molecule has 0 radical (unpaired) electrons. The Hall–Kier alpha value is -1.59. The van der Waals surface area contributed by atoms with Gasteiger partial charge in [-0.3, -0.25) is 9.59 Å². The van der Waals surface area contributed by atoms with Crippen molar-refractivity contribution in [2.75, 3.05) is 13.1 Å². The van der Waals surface area contributed by atoms with E-state index in [-0.39, 0.29) is 5.91 Å². The van der Waals surface area contributed by atoms with E-state index in [9.17, 15) is 9.59 Å². The predicted molar refractivity (Wildman–Crippen MR) is 87.9 cm³/mol. The van der Waals surface area contributed by atoms with Crippen molar-refractivity contribution < 1.29 is 14.3 Å². The van der Waals surface area contributed by atoms with Crippen molar-refractivity contribution in [3.63, 3.8) is 0 Å². The second-order valence-corrected chi connectivity index (χ2v) is 6.84. The summed E-state index contributed by atoms with van der Waals surface area (Å²) in [6.07, 6.45) is 3.19. The lowest BCUT2D eigenvalue weighted by molar-refractivity contribution is -0.131. The van der Waals surface area contributed by atoms with Crippen LogP contribution in [0.4, 0.5) is 0 Å². The first-order chi connectivity index (χ1) is 10.6. The third-order valence-electron chi connectivity index (χ3n) is 3.69. The lowest BCUT2D eigenvalue weighted by atomic mass is 10.1. The second-order valence-electron chi connectivity index (χ2n) is 5.35. The van der Waals surface area contributed by atoms with E-state index in [1.54, 1.807) is 12.1 Å². The molecule has 22 heavy (non-hydrogen) atoms. The molecule has 0 bridgehead atoms. The number of likely N-dealkylation sites (tertiary alicyclic amines) is 1. The van der Waals surface area contributed by atoms with E-state index in [2.05, 4.69) is 0 Å². The highest BCUT2D eigenvalue weighted by Crippen LogP contribution is 2.40. The molecule has 6 heteroatoms. The molecule has 1 aliphatic rings. The van der Waals surface area contributed by atoms with Crippen LogP contribution in [0.3, 0.4) is 0 Å². The summed E-state index contributed by atoms with van der Waals surface area (Å²) >= 11 is 7.38. The summed E-state index contributed by atoms with van der Waals surface area (Å²) in [6, 6.07) is 5.36. The van der Waals surface area contributed by atoms with E-state index in [1.165, 1.54) is 18.3 Å². The predicted octanol–water partition coefficient (Wildman–Crippen LogP) is 4.11. The standard InChI is InChI=1S/C16H16ClNO3S/c1-10(19)21-14-12-9-11(17)5-6-13(12)22-15(14)16(20)18-7-3-2-4-8-18/h5-6,9H,2-4,7-8H2,1H3. The molecule has 116 valence electrons. The van der Waals surface area contributed by atoms with Crippen molar-refractivity contribution in [3.05, 3.63) is 28.1 Å². The van der Waals surface area contributed by atoms with Crippen LogP contribution in [-0.2, 0) is 4.79 Å². The molecule has 0 atom stereocenters. The quantitative estimate of drug-likeness (QED) is 0.775. The summed E-state index contributed by atoms with van der Waals surface area (Å²) in [6.45, 7) is 2.85. The fraction of sp³-hybridized carbons (Fsp3) is 0.375. The van der Waals surface area contributed by atoms with Crippen molar-refractivity contribution in [2.24, 2.45) is 0 Å². The van der Waals surface area contributed by atoms with Crippen molar-refractivity contribution in [1.29, 1.82) is 0 Å². The number of halogens is 1. The van der Waals surface area contributed by atoms with Gasteiger partial charge in [0.15, 0.2) is 5.75 Å². The maximum absolute atomic E-state index is 12.8. The molecule has 0 unspecified atom stereocenters. The molecular formula is C16H16ClNO3S. The first-order valence-electron chi connectivity index (χ1n) is 7.26. The van der Waals surface area contributed by atoms with Gasteiger partial charge >= 0.3 is 5.97 Å². The summed E-state index contributed by atoms with van der Waals surface area (Å²) in [5.74, 6) is -0.161. The highest BCUT2D eigenvalue weighted by Gasteiger charge is 2.26. The average Bonchev–Trinajstić information content (AvgIpc) is 2.85.